The molecule has 12 heteroatoms. The lowest BCUT2D eigenvalue weighted by Gasteiger charge is -2.44. The van der Waals surface area contributed by atoms with Crippen LogP contribution in [0.1, 0.15) is 39.0 Å². The van der Waals surface area contributed by atoms with Crippen LogP contribution in [0.25, 0.3) is 0 Å². The normalized spacial score (nSPS) is 41.5. The van der Waals surface area contributed by atoms with Gasteiger partial charge in [0.05, 0.1) is 25.2 Å². The number of carbonyl (C=O) groups is 1. The van der Waals surface area contributed by atoms with Gasteiger partial charge in [0, 0.05) is 57.2 Å². The standard InChI is InChI=1S/C23H41N5O5S2/c1-15-11-17(16-5-3-4-6-20(16)32-2)18(12-24-15)22(29)26-23-25-19-13-28(14-21(19)34-23)35(30,31)27-7-9-33-10-8-27/h15-21,23-25H,3-14H2,1-2H3,(H,26,29). The molecule has 0 aromatic rings. The molecule has 5 aliphatic rings. The van der Waals surface area contributed by atoms with Gasteiger partial charge in [0.1, 0.15) is 5.50 Å². The molecule has 4 saturated heterocycles. The van der Waals surface area contributed by atoms with E-state index in [1.54, 1.807) is 16.1 Å². The van der Waals surface area contributed by atoms with Crippen LogP contribution >= 0.6 is 11.8 Å². The highest BCUT2D eigenvalue weighted by Gasteiger charge is 2.48. The number of fused-ring (bicyclic) bond motifs is 1. The monoisotopic (exact) mass is 531 g/mol. The molecule has 10 nitrogen and oxygen atoms in total. The van der Waals surface area contributed by atoms with Gasteiger partial charge in [0.2, 0.25) is 5.91 Å². The van der Waals surface area contributed by atoms with E-state index < -0.39 is 10.2 Å². The Morgan fingerprint density at radius 2 is 1.89 bits per heavy atom. The topological polar surface area (TPSA) is 112 Å². The third-order valence-electron chi connectivity index (χ3n) is 8.58. The van der Waals surface area contributed by atoms with Gasteiger partial charge in [0.25, 0.3) is 10.2 Å². The molecule has 0 aromatic heterocycles. The van der Waals surface area contributed by atoms with Crippen molar-refractivity contribution < 1.29 is 22.7 Å². The number of amides is 1. The highest BCUT2D eigenvalue weighted by atomic mass is 32.2. The van der Waals surface area contributed by atoms with E-state index in [-0.39, 0.29) is 34.7 Å². The number of carbonyl (C=O) groups excluding carboxylic acids is 1. The van der Waals surface area contributed by atoms with Gasteiger partial charge in [-0.3, -0.25) is 10.1 Å². The van der Waals surface area contributed by atoms with Crippen molar-refractivity contribution in [2.75, 3.05) is 53.0 Å². The minimum atomic E-state index is -3.47. The minimum Gasteiger partial charge on any atom is -0.381 e. The molecule has 8 atom stereocenters. The zero-order valence-corrected chi connectivity index (χ0v) is 22.5. The number of nitrogens with zero attached hydrogens (tertiary/aromatic N) is 2. The zero-order valence-electron chi connectivity index (χ0n) is 20.9. The SMILES string of the molecule is COC1CCCCC1C1CC(C)NCC1C(=O)NC1NC2CN(S(=O)(=O)N3CCOCC3)CC2S1. The van der Waals surface area contributed by atoms with Crippen LogP contribution in [0.3, 0.4) is 0 Å². The van der Waals surface area contributed by atoms with Crippen molar-refractivity contribution in [2.24, 2.45) is 17.8 Å². The zero-order chi connectivity index (χ0) is 24.6. The summed E-state index contributed by atoms with van der Waals surface area (Å²) in [6, 6.07) is 0.443. The lowest BCUT2D eigenvalue weighted by Crippen LogP contribution is -2.55. The molecule has 0 spiro atoms. The second kappa shape index (κ2) is 11.1. The first-order valence-corrected chi connectivity index (χ1v) is 15.5. The number of rotatable bonds is 6. The first kappa shape index (κ1) is 26.1. The van der Waals surface area contributed by atoms with E-state index in [0.29, 0.717) is 63.8 Å². The van der Waals surface area contributed by atoms with Crippen LogP contribution in [-0.2, 0) is 24.5 Å². The summed E-state index contributed by atoms with van der Waals surface area (Å²) in [5, 5.41) is 10.4. The van der Waals surface area contributed by atoms with Gasteiger partial charge >= 0.3 is 0 Å². The Hall–Kier alpha value is -0.470. The second-order valence-electron chi connectivity index (χ2n) is 10.7. The molecule has 1 aliphatic carbocycles. The van der Waals surface area contributed by atoms with Gasteiger partial charge in [-0.25, -0.2) is 0 Å². The number of hydrogen-bond acceptors (Lipinski definition) is 8. The van der Waals surface area contributed by atoms with Crippen molar-refractivity contribution in [3.8, 4) is 0 Å². The van der Waals surface area contributed by atoms with Crippen LogP contribution in [-0.4, -0.2) is 105 Å². The van der Waals surface area contributed by atoms with E-state index in [1.807, 2.05) is 7.11 Å². The Labute approximate surface area is 213 Å². The summed E-state index contributed by atoms with van der Waals surface area (Å²) in [7, 11) is -1.66. The minimum absolute atomic E-state index is 0.0395. The van der Waals surface area contributed by atoms with Crippen molar-refractivity contribution in [1.29, 1.82) is 0 Å². The molecule has 0 bridgehead atoms. The maximum atomic E-state index is 13.5. The van der Waals surface area contributed by atoms with E-state index in [4.69, 9.17) is 9.47 Å². The smallest absolute Gasteiger partial charge is 0.282 e. The Morgan fingerprint density at radius 3 is 2.63 bits per heavy atom. The van der Waals surface area contributed by atoms with Crippen molar-refractivity contribution >= 4 is 27.9 Å². The molecule has 35 heavy (non-hydrogen) atoms. The first-order chi connectivity index (χ1) is 16.9. The predicted molar refractivity (Wildman–Crippen MR) is 135 cm³/mol. The number of thioether (sulfide) groups is 1. The average Bonchev–Trinajstić information content (AvgIpc) is 3.44. The first-order valence-electron chi connectivity index (χ1n) is 13.2. The highest BCUT2D eigenvalue weighted by molar-refractivity contribution is 8.00. The number of piperidine rings is 1. The van der Waals surface area contributed by atoms with Crippen molar-refractivity contribution in [3.63, 3.8) is 0 Å². The maximum absolute atomic E-state index is 13.5. The van der Waals surface area contributed by atoms with Crippen LogP contribution in [0.5, 0.6) is 0 Å². The van der Waals surface area contributed by atoms with Crippen molar-refractivity contribution in [2.45, 2.75) is 68.0 Å². The Morgan fingerprint density at radius 1 is 1.11 bits per heavy atom. The third kappa shape index (κ3) is 5.55. The molecule has 5 fully saturated rings. The van der Waals surface area contributed by atoms with Crippen LogP contribution in [0.15, 0.2) is 0 Å². The van der Waals surface area contributed by atoms with Gasteiger partial charge in [-0.05, 0) is 38.0 Å². The summed E-state index contributed by atoms with van der Waals surface area (Å²) in [4.78, 5) is 13.5. The molecule has 4 aliphatic heterocycles. The molecule has 1 amide bonds. The van der Waals surface area contributed by atoms with Gasteiger partial charge in [-0.1, -0.05) is 12.8 Å². The van der Waals surface area contributed by atoms with Crippen molar-refractivity contribution in [3.05, 3.63) is 0 Å². The fourth-order valence-electron chi connectivity index (χ4n) is 6.69. The highest BCUT2D eigenvalue weighted by Crippen LogP contribution is 2.40. The molecule has 3 N–H and O–H groups in total. The van der Waals surface area contributed by atoms with Crippen LogP contribution in [0, 0.1) is 17.8 Å². The Kier molecular flexibility index (Phi) is 8.30. The van der Waals surface area contributed by atoms with Crippen LogP contribution in [0.4, 0.5) is 0 Å². The Bertz CT molecular complexity index is 843. The predicted octanol–water partition coefficient (Wildman–Crippen LogP) is 0.172. The van der Waals surface area contributed by atoms with E-state index in [0.717, 1.165) is 19.3 Å². The van der Waals surface area contributed by atoms with E-state index in [2.05, 4.69) is 22.9 Å². The molecule has 200 valence electrons. The second-order valence-corrected chi connectivity index (χ2v) is 14.0. The van der Waals surface area contributed by atoms with Crippen molar-refractivity contribution in [1.82, 2.24) is 24.6 Å². The van der Waals surface area contributed by atoms with Gasteiger partial charge < -0.3 is 20.1 Å². The van der Waals surface area contributed by atoms with Gasteiger partial charge in [0.15, 0.2) is 0 Å². The fraction of sp³-hybridized carbons (Fsp3) is 0.957. The van der Waals surface area contributed by atoms with Gasteiger partial charge in [-0.2, -0.15) is 17.0 Å². The number of methoxy groups -OCH3 is 1. The third-order valence-corrected chi connectivity index (χ3v) is 11.9. The summed E-state index contributed by atoms with van der Waals surface area (Å²) in [5.74, 6) is 0.763. The molecular weight excluding hydrogens is 490 g/mol. The number of nitrogens with one attached hydrogen (secondary N) is 3. The van der Waals surface area contributed by atoms with E-state index in [9.17, 15) is 13.2 Å². The molecular formula is C23H41N5O5S2. The summed E-state index contributed by atoms with van der Waals surface area (Å²) in [6.07, 6.45) is 5.87. The summed E-state index contributed by atoms with van der Waals surface area (Å²) in [6.45, 7) is 5.52. The molecule has 5 rings (SSSR count). The molecule has 1 saturated carbocycles. The maximum Gasteiger partial charge on any atom is 0.282 e. The number of ether oxygens (including phenoxy) is 2. The van der Waals surface area contributed by atoms with E-state index >= 15 is 0 Å². The molecule has 0 aromatic carbocycles. The average molecular weight is 532 g/mol. The van der Waals surface area contributed by atoms with Crippen LogP contribution in [0.2, 0.25) is 0 Å². The fourth-order valence-corrected chi connectivity index (χ4v) is 9.83. The summed E-state index contributed by atoms with van der Waals surface area (Å²) >= 11 is 1.65. The lowest BCUT2D eigenvalue weighted by atomic mass is 9.68. The summed E-state index contributed by atoms with van der Waals surface area (Å²) < 4.78 is 40.3. The van der Waals surface area contributed by atoms with E-state index in [1.165, 1.54) is 17.1 Å². The molecule has 0 radical (unpaired) electrons. The largest absolute Gasteiger partial charge is 0.381 e. The summed E-state index contributed by atoms with van der Waals surface area (Å²) in [5.41, 5.74) is -0.185. The number of morpholine rings is 1. The Balaban J connectivity index is 1.17. The number of hydrogen-bond donors (Lipinski definition) is 3. The lowest BCUT2D eigenvalue weighted by molar-refractivity contribution is -0.130. The molecule has 4 heterocycles. The molecule has 8 unspecified atom stereocenters. The van der Waals surface area contributed by atoms with Gasteiger partial charge in [-0.15, -0.1) is 11.8 Å². The quantitative estimate of drug-likeness (QED) is 0.445. The van der Waals surface area contributed by atoms with Crippen LogP contribution < -0.4 is 16.0 Å².